The molecular weight excluding hydrogens is 264 g/mol. The van der Waals surface area contributed by atoms with E-state index in [0.29, 0.717) is 5.56 Å². The van der Waals surface area contributed by atoms with Crippen molar-refractivity contribution in [1.82, 2.24) is 0 Å². The molecule has 0 aromatic heterocycles. The monoisotopic (exact) mass is 274 g/mol. The number of phenolic OH excluding ortho intramolecular Hbond substituents is 1. The Hall–Kier alpha value is -2.13. The molecule has 0 fully saturated rings. The van der Waals surface area contributed by atoms with Crippen LogP contribution in [0.15, 0.2) is 48.5 Å². The summed E-state index contributed by atoms with van der Waals surface area (Å²) in [6, 6.07) is 12.8. The molecule has 96 valence electrons. The Bertz CT molecular complexity index is 621. The Labute approximate surface area is 115 Å². The Morgan fingerprint density at radius 3 is 2.26 bits per heavy atom. The zero-order valence-corrected chi connectivity index (χ0v) is 10.7. The first-order chi connectivity index (χ1) is 9.13. The number of ketones is 2. The third kappa shape index (κ3) is 2.83. The minimum atomic E-state index is -0.296. The molecule has 2 rings (SSSR count). The lowest BCUT2D eigenvalue weighted by atomic mass is 10.00. The summed E-state index contributed by atoms with van der Waals surface area (Å²) in [5, 5.41) is 9.85. The molecule has 0 heterocycles. The van der Waals surface area contributed by atoms with Crippen LogP contribution < -0.4 is 0 Å². The maximum Gasteiger partial charge on any atom is 0.196 e. The van der Waals surface area contributed by atoms with E-state index in [0.717, 1.165) is 0 Å². The van der Waals surface area contributed by atoms with Gasteiger partial charge in [-0.25, -0.2) is 0 Å². The smallest absolute Gasteiger partial charge is 0.196 e. The number of hydrogen-bond donors (Lipinski definition) is 1. The van der Waals surface area contributed by atoms with Crippen molar-refractivity contribution in [2.45, 2.75) is 0 Å². The highest BCUT2D eigenvalue weighted by Crippen LogP contribution is 2.22. The van der Waals surface area contributed by atoms with Crippen LogP contribution in [0.4, 0.5) is 0 Å². The van der Waals surface area contributed by atoms with Gasteiger partial charge >= 0.3 is 0 Å². The molecule has 1 N–H and O–H groups in total. The quantitative estimate of drug-likeness (QED) is 0.689. The van der Waals surface area contributed by atoms with E-state index in [4.69, 9.17) is 11.6 Å². The number of rotatable bonds is 4. The predicted molar refractivity (Wildman–Crippen MR) is 73.0 cm³/mol. The highest BCUT2D eigenvalue weighted by Gasteiger charge is 2.15. The maximum absolute atomic E-state index is 12.1. The van der Waals surface area contributed by atoms with Crippen LogP contribution >= 0.6 is 11.6 Å². The topological polar surface area (TPSA) is 54.4 Å². The summed E-state index contributed by atoms with van der Waals surface area (Å²) in [4.78, 5) is 23.5. The summed E-state index contributed by atoms with van der Waals surface area (Å²) in [7, 11) is 0. The van der Waals surface area contributed by atoms with Crippen LogP contribution in [0, 0.1) is 0 Å². The lowest BCUT2D eigenvalue weighted by Gasteiger charge is -2.05. The van der Waals surface area contributed by atoms with E-state index in [2.05, 4.69) is 0 Å². The molecule has 0 aliphatic heterocycles. The first kappa shape index (κ1) is 13.3. The van der Waals surface area contributed by atoms with Gasteiger partial charge < -0.3 is 5.11 Å². The second-order valence-electron chi connectivity index (χ2n) is 3.98. The van der Waals surface area contributed by atoms with Crippen molar-refractivity contribution in [3.63, 3.8) is 0 Å². The predicted octanol–water partition coefficient (Wildman–Crippen LogP) is 3.04. The molecule has 0 spiro atoms. The molecule has 0 radical (unpaired) electrons. The van der Waals surface area contributed by atoms with E-state index in [-0.39, 0.29) is 34.3 Å². The second-order valence-corrected chi connectivity index (χ2v) is 4.25. The number of benzene rings is 2. The Morgan fingerprint density at radius 1 is 1.00 bits per heavy atom. The van der Waals surface area contributed by atoms with Crippen LogP contribution in [0.1, 0.15) is 26.3 Å². The van der Waals surface area contributed by atoms with Crippen molar-refractivity contribution in [2.24, 2.45) is 0 Å². The average molecular weight is 275 g/mol. The molecule has 3 nitrogen and oxygen atoms in total. The number of alkyl halides is 1. The molecule has 0 saturated carbocycles. The van der Waals surface area contributed by atoms with E-state index in [9.17, 15) is 14.7 Å². The highest BCUT2D eigenvalue weighted by molar-refractivity contribution is 6.30. The number of aromatic hydroxyl groups is 1. The van der Waals surface area contributed by atoms with Crippen LogP contribution in [0.5, 0.6) is 5.75 Å². The Morgan fingerprint density at radius 2 is 1.68 bits per heavy atom. The second kappa shape index (κ2) is 5.67. The number of carbonyl (C=O) groups is 2. The van der Waals surface area contributed by atoms with Crippen molar-refractivity contribution in [1.29, 1.82) is 0 Å². The SMILES string of the molecule is O=C(CCl)c1ccc(C(=O)c2ccccc2)c(O)c1. The van der Waals surface area contributed by atoms with Gasteiger partial charge in [0.05, 0.1) is 11.4 Å². The first-order valence-corrected chi connectivity index (χ1v) is 6.19. The van der Waals surface area contributed by atoms with Gasteiger partial charge in [0, 0.05) is 11.1 Å². The zero-order valence-electron chi connectivity index (χ0n) is 9.97. The summed E-state index contributed by atoms with van der Waals surface area (Å²) in [5.74, 6) is -0.964. The van der Waals surface area contributed by atoms with Crippen LogP contribution in [-0.4, -0.2) is 22.6 Å². The fraction of sp³-hybridized carbons (Fsp3) is 0.0667. The number of halogens is 1. The van der Waals surface area contributed by atoms with Gasteiger partial charge in [-0.15, -0.1) is 11.6 Å². The highest BCUT2D eigenvalue weighted by atomic mass is 35.5. The largest absolute Gasteiger partial charge is 0.507 e. The van der Waals surface area contributed by atoms with Gasteiger partial charge in [-0.1, -0.05) is 36.4 Å². The summed E-state index contributed by atoms with van der Waals surface area (Å²) >= 11 is 5.44. The van der Waals surface area contributed by atoms with Crippen molar-refractivity contribution < 1.29 is 14.7 Å². The van der Waals surface area contributed by atoms with Gasteiger partial charge in [0.1, 0.15) is 5.75 Å². The normalized spacial score (nSPS) is 10.2. The lowest BCUT2D eigenvalue weighted by molar-refractivity contribution is 0.101. The number of hydrogen-bond acceptors (Lipinski definition) is 3. The number of phenols is 1. The molecule has 0 aliphatic rings. The summed E-state index contributed by atoms with van der Waals surface area (Å²) in [6.07, 6.45) is 0. The standard InChI is InChI=1S/C15H11ClO3/c16-9-14(18)11-6-7-12(13(17)8-11)15(19)10-4-2-1-3-5-10/h1-8,17H,9H2. The van der Waals surface area contributed by atoms with Crippen molar-refractivity contribution >= 4 is 23.2 Å². The van der Waals surface area contributed by atoms with Crippen LogP contribution in [-0.2, 0) is 0 Å². The van der Waals surface area contributed by atoms with E-state index >= 15 is 0 Å². The Kier molecular flexibility index (Phi) is 3.97. The van der Waals surface area contributed by atoms with Crippen molar-refractivity contribution in [3.05, 3.63) is 65.2 Å². The molecule has 0 bridgehead atoms. The fourth-order valence-corrected chi connectivity index (χ4v) is 1.87. The fourth-order valence-electron chi connectivity index (χ4n) is 1.72. The molecule has 0 saturated heterocycles. The van der Waals surface area contributed by atoms with E-state index in [1.807, 2.05) is 0 Å². The molecule has 4 heteroatoms. The lowest BCUT2D eigenvalue weighted by Crippen LogP contribution is -2.04. The van der Waals surface area contributed by atoms with Gasteiger partial charge in [0.15, 0.2) is 11.6 Å². The number of Topliss-reactive ketones (excluding diaryl/α,β-unsaturated/α-hetero) is 1. The minimum Gasteiger partial charge on any atom is -0.507 e. The molecule has 0 unspecified atom stereocenters. The third-order valence-electron chi connectivity index (χ3n) is 2.72. The summed E-state index contributed by atoms with van der Waals surface area (Å²) in [6.45, 7) is 0. The minimum absolute atomic E-state index is 0.161. The van der Waals surface area contributed by atoms with Crippen molar-refractivity contribution in [3.8, 4) is 5.75 Å². The summed E-state index contributed by atoms with van der Waals surface area (Å²) in [5.41, 5.74) is 0.934. The van der Waals surface area contributed by atoms with Crippen LogP contribution in [0.2, 0.25) is 0 Å². The van der Waals surface area contributed by atoms with E-state index in [1.54, 1.807) is 30.3 Å². The third-order valence-corrected chi connectivity index (χ3v) is 2.96. The summed E-state index contributed by atoms with van der Waals surface area (Å²) < 4.78 is 0. The molecule has 2 aromatic carbocycles. The van der Waals surface area contributed by atoms with E-state index in [1.165, 1.54) is 18.2 Å². The van der Waals surface area contributed by atoms with E-state index < -0.39 is 0 Å². The average Bonchev–Trinajstić information content (AvgIpc) is 2.46. The van der Waals surface area contributed by atoms with Gasteiger partial charge in [-0.05, 0) is 12.1 Å². The van der Waals surface area contributed by atoms with Gasteiger partial charge in [-0.2, -0.15) is 0 Å². The van der Waals surface area contributed by atoms with Crippen LogP contribution in [0.25, 0.3) is 0 Å². The Balaban J connectivity index is 2.37. The zero-order chi connectivity index (χ0) is 13.8. The maximum atomic E-state index is 12.1. The molecule has 2 aromatic rings. The van der Waals surface area contributed by atoms with Crippen molar-refractivity contribution in [2.75, 3.05) is 5.88 Å². The molecule has 0 aliphatic carbocycles. The molecule has 0 amide bonds. The van der Waals surface area contributed by atoms with Gasteiger partial charge in [-0.3, -0.25) is 9.59 Å². The molecular formula is C15H11ClO3. The molecule has 19 heavy (non-hydrogen) atoms. The van der Waals surface area contributed by atoms with Crippen LogP contribution in [0.3, 0.4) is 0 Å². The van der Waals surface area contributed by atoms with Gasteiger partial charge in [0.25, 0.3) is 0 Å². The number of carbonyl (C=O) groups excluding carboxylic acids is 2. The molecule has 0 atom stereocenters. The van der Waals surface area contributed by atoms with Gasteiger partial charge in [0.2, 0.25) is 0 Å². The first-order valence-electron chi connectivity index (χ1n) is 5.65.